The number of phenols is 1. The highest BCUT2D eigenvalue weighted by Gasteiger charge is 2.33. The van der Waals surface area contributed by atoms with E-state index in [1.54, 1.807) is 0 Å². The Bertz CT molecular complexity index is 431. The second-order valence-electron chi connectivity index (χ2n) is 5.61. The van der Waals surface area contributed by atoms with Crippen LogP contribution in [0.3, 0.4) is 0 Å². The molecule has 0 aliphatic carbocycles. The van der Waals surface area contributed by atoms with Crippen LogP contribution in [0.15, 0.2) is 6.07 Å². The van der Waals surface area contributed by atoms with Gasteiger partial charge in [-0.05, 0) is 38.3 Å². The molecule has 0 radical (unpaired) electrons. The number of rotatable bonds is 1. The standard InChI is InChI=1S/C14H20O2/c1-8(2)10-6-12-11(9(3)13(10)15)7-14(4,5)16-12/h6,8,15H,7H2,1-5H3. The van der Waals surface area contributed by atoms with Crippen molar-refractivity contribution in [2.24, 2.45) is 0 Å². The van der Waals surface area contributed by atoms with E-state index in [4.69, 9.17) is 4.74 Å². The Morgan fingerprint density at radius 1 is 1.38 bits per heavy atom. The Balaban J connectivity index is 2.57. The van der Waals surface area contributed by atoms with Crippen molar-refractivity contribution in [2.75, 3.05) is 0 Å². The van der Waals surface area contributed by atoms with Crippen LogP contribution in [-0.2, 0) is 6.42 Å². The quantitative estimate of drug-likeness (QED) is 0.784. The minimum atomic E-state index is -0.144. The van der Waals surface area contributed by atoms with Crippen LogP contribution in [0.2, 0.25) is 0 Å². The first-order valence-electron chi connectivity index (χ1n) is 5.86. The number of fused-ring (bicyclic) bond motifs is 1. The molecule has 1 N–H and O–H groups in total. The molecule has 2 rings (SSSR count). The summed E-state index contributed by atoms with van der Waals surface area (Å²) < 4.78 is 5.91. The third-order valence-corrected chi connectivity index (χ3v) is 3.28. The van der Waals surface area contributed by atoms with Crippen molar-refractivity contribution in [1.29, 1.82) is 0 Å². The molecule has 16 heavy (non-hydrogen) atoms. The van der Waals surface area contributed by atoms with Gasteiger partial charge >= 0.3 is 0 Å². The van der Waals surface area contributed by atoms with Crippen LogP contribution in [0.4, 0.5) is 0 Å². The third-order valence-electron chi connectivity index (χ3n) is 3.28. The number of aromatic hydroxyl groups is 1. The average Bonchev–Trinajstić information content (AvgIpc) is 2.46. The Hall–Kier alpha value is -1.18. The lowest BCUT2D eigenvalue weighted by molar-refractivity contribution is 0.138. The fraction of sp³-hybridized carbons (Fsp3) is 0.571. The van der Waals surface area contributed by atoms with E-state index in [1.807, 2.05) is 13.0 Å². The summed E-state index contributed by atoms with van der Waals surface area (Å²) >= 11 is 0. The Kier molecular flexibility index (Phi) is 2.41. The van der Waals surface area contributed by atoms with Crippen LogP contribution in [-0.4, -0.2) is 10.7 Å². The van der Waals surface area contributed by atoms with Crippen LogP contribution < -0.4 is 4.74 Å². The molecule has 0 atom stereocenters. The maximum absolute atomic E-state index is 10.1. The van der Waals surface area contributed by atoms with Gasteiger partial charge in [-0.1, -0.05) is 13.8 Å². The maximum atomic E-state index is 10.1. The van der Waals surface area contributed by atoms with E-state index in [9.17, 15) is 5.11 Å². The molecule has 0 unspecified atom stereocenters. The van der Waals surface area contributed by atoms with Crippen LogP contribution in [0.5, 0.6) is 11.5 Å². The lowest BCUT2D eigenvalue weighted by atomic mass is 9.92. The summed E-state index contributed by atoms with van der Waals surface area (Å²) in [5.41, 5.74) is 2.97. The fourth-order valence-corrected chi connectivity index (χ4v) is 2.35. The molecule has 0 bridgehead atoms. The predicted octanol–water partition coefficient (Wildman–Crippen LogP) is 3.54. The first-order valence-corrected chi connectivity index (χ1v) is 5.86. The zero-order valence-electron chi connectivity index (χ0n) is 10.7. The van der Waals surface area contributed by atoms with E-state index < -0.39 is 0 Å². The molecule has 0 aromatic heterocycles. The highest BCUT2D eigenvalue weighted by molar-refractivity contribution is 5.55. The third kappa shape index (κ3) is 1.66. The number of hydrogen-bond donors (Lipinski definition) is 1. The van der Waals surface area contributed by atoms with E-state index in [0.717, 1.165) is 28.9 Å². The van der Waals surface area contributed by atoms with Gasteiger partial charge in [0.1, 0.15) is 17.1 Å². The van der Waals surface area contributed by atoms with Crippen molar-refractivity contribution in [1.82, 2.24) is 0 Å². The van der Waals surface area contributed by atoms with Gasteiger partial charge in [0.15, 0.2) is 0 Å². The minimum absolute atomic E-state index is 0.144. The smallest absolute Gasteiger partial charge is 0.124 e. The number of ether oxygens (including phenoxy) is 1. The topological polar surface area (TPSA) is 29.5 Å². The summed E-state index contributed by atoms with van der Waals surface area (Å²) in [5, 5.41) is 10.1. The second kappa shape index (κ2) is 3.41. The van der Waals surface area contributed by atoms with Gasteiger partial charge in [0.2, 0.25) is 0 Å². The molecule has 0 saturated carbocycles. The van der Waals surface area contributed by atoms with Gasteiger partial charge in [-0.15, -0.1) is 0 Å². The van der Waals surface area contributed by atoms with Gasteiger partial charge in [0.25, 0.3) is 0 Å². The molecule has 0 spiro atoms. The van der Waals surface area contributed by atoms with Crippen molar-refractivity contribution >= 4 is 0 Å². The summed E-state index contributed by atoms with van der Waals surface area (Å²) in [6.45, 7) is 10.3. The van der Waals surface area contributed by atoms with E-state index in [2.05, 4.69) is 27.7 Å². The van der Waals surface area contributed by atoms with Gasteiger partial charge in [-0.25, -0.2) is 0 Å². The van der Waals surface area contributed by atoms with Gasteiger partial charge in [0.05, 0.1) is 0 Å². The van der Waals surface area contributed by atoms with Crippen LogP contribution in [0, 0.1) is 6.92 Å². The van der Waals surface area contributed by atoms with Gasteiger partial charge in [0, 0.05) is 17.5 Å². The van der Waals surface area contributed by atoms with Crippen LogP contribution in [0.25, 0.3) is 0 Å². The van der Waals surface area contributed by atoms with Crippen molar-refractivity contribution in [2.45, 2.75) is 52.6 Å². The molecule has 0 fully saturated rings. The molecule has 0 amide bonds. The average molecular weight is 220 g/mol. The van der Waals surface area contributed by atoms with Gasteiger partial charge in [-0.3, -0.25) is 0 Å². The lowest BCUT2D eigenvalue weighted by Gasteiger charge is -2.17. The Labute approximate surface area is 97.3 Å². The highest BCUT2D eigenvalue weighted by Crippen LogP contribution is 2.43. The zero-order valence-corrected chi connectivity index (χ0v) is 10.7. The molecule has 1 aromatic rings. The molecule has 1 aliphatic rings. The molecular formula is C14H20O2. The minimum Gasteiger partial charge on any atom is -0.507 e. The van der Waals surface area contributed by atoms with Crippen molar-refractivity contribution in [3.05, 3.63) is 22.8 Å². The molecule has 0 saturated heterocycles. The Morgan fingerprint density at radius 3 is 2.56 bits per heavy atom. The molecule has 1 heterocycles. The highest BCUT2D eigenvalue weighted by atomic mass is 16.5. The predicted molar refractivity (Wildman–Crippen MR) is 65.3 cm³/mol. The number of phenolic OH excluding ortho intramolecular Hbond substituents is 1. The molecular weight excluding hydrogens is 200 g/mol. The Morgan fingerprint density at radius 2 is 2.00 bits per heavy atom. The molecule has 2 nitrogen and oxygen atoms in total. The summed E-state index contributed by atoms with van der Waals surface area (Å²) in [4.78, 5) is 0. The van der Waals surface area contributed by atoms with Crippen LogP contribution in [0.1, 0.15) is 50.3 Å². The summed E-state index contributed by atoms with van der Waals surface area (Å²) in [6, 6.07) is 2.00. The summed E-state index contributed by atoms with van der Waals surface area (Å²) in [6.07, 6.45) is 0.875. The second-order valence-corrected chi connectivity index (χ2v) is 5.61. The molecule has 1 aromatic carbocycles. The van der Waals surface area contributed by atoms with Gasteiger partial charge < -0.3 is 9.84 Å². The normalized spacial score (nSPS) is 17.4. The monoisotopic (exact) mass is 220 g/mol. The van der Waals surface area contributed by atoms with E-state index in [0.29, 0.717) is 11.7 Å². The van der Waals surface area contributed by atoms with E-state index >= 15 is 0 Å². The first-order chi connectivity index (χ1) is 7.32. The van der Waals surface area contributed by atoms with E-state index in [-0.39, 0.29) is 5.60 Å². The van der Waals surface area contributed by atoms with Crippen LogP contribution >= 0.6 is 0 Å². The zero-order chi connectivity index (χ0) is 12.1. The van der Waals surface area contributed by atoms with Crippen molar-refractivity contribution < 1.29 is 9.84 Å². The summed E-state index contributed by atoms with van der Waals surface area (Å²) in [5.74, 6) is 1.70. The number of benzene rings is 1. The van der Waals surface area contributed by atoms with Crippen molar-refractivity contribution in [3.63, 3.8) is 0 Å². The lowest BCUT2D eigenvalue weighted by Crippen LogP contribution is -2.24. The first kappa shape index (κ1) is 11.3. The molecule has 2 heteroatoms. The molecule has 88 valence electrons. The fourth-order valence-electron chi connectivity index (χ4n) is 2.35. The van der Waals surface area contributed by atoms with Crippen molar-refractivity contribution in [3.8, 4) is 11.5 Å². The number of hydrogen-bond acceptors (Lipinski definition) is 2. The van der Waals surface area contributed by atoms with E-state index in [1.165, 1.54) is 0 Å². The maximum Gasteiger partial charge on any atom is 0.124 e. The summed E-state index contributed by atoms with van der Waals surface area (Å²) in [7, 11) is 0. The molecule has 1 aliphatic heterocycles. The largest absolute Gasteiger partial charge is 0.507 e. The van der Waals surface area contributed by atoms with Gasteiger partial charge in [-0.2, -0.15) is 0 Å². The SMILES string of the molecule is Cc1c(O)c(C(C)C)cc2c1CC(C)(C)O2.